The van der Waals surface area contributed by atoms with Crippen LogP contribution in [0.4, 0.5) is 5.69 Å². The van der Waals surface area contributed by atoms with Crippen LogP contribution in [0.15, 0.2) is 48.5 Å². The van der Waals surface area contributed by atoms with Gasteiger partial charge in [-0.3, -0.25) is 4.79 Å². The van der Waals surface area contributed by atoms with Crippen LogP contribution in [0.5, 0.6) is 11.5 Å². The lowest BCUT2D eigenvalue weighted by Gasteiger charge is -2.12. The van der Waals surface area contributed by atoms with Gasteiger partial charge in [0.2, 0.25) is 5.91 Å². The van der Waals surface area contributed by atoms with Gasteiger partial charge >= 0.3 is 0 Å². The van der Waals surface area contributed by atoms with Crippen molar-refractivity contribution >= 4 is 11.6 Å². The second-order valence-corrected chi connectivity index (χ2v) is 5.06. The maximum absolute atomic E-state index is 11.9. The van der Waals surface area contributed by atoms with Crippen LogP contribution in [0.3, 0.4) is 0 Å². The summed E-state index contributed by atoms with van der Waals surface area (Å²) < 4.78 is 5.86. The van der Waals surface area contributed by atoms with Gasteiger partial charge in [-0.15, -0.1) is 0 Å². The average molecular weight is 283 g/mol. The summed E-state index contributed by atoms with van der Waals surface area (Å²) in [5, 5.41) is 2.91. The van der Waals surface area contributed by atoms with Crippen LogP contribution < -0.4 is 10.1 Å². The molecule has 2 rings (SSSR count). The zero-order valence-corrected chi connectivity index (χ0v) is 12.6. The van der Waals surface area contributed by atoms with Crippen molar-refractivity contribution in [1.29, 1.82) is 0 Å². The Kier molecular flexibility index (Phi) is 5.38. The van der Waals surface area contributed by atoms with Gasteiger partial charge < -0.3 is 10.1 Å². The van der Waals surface area contributed by atoms with E-state index in [9.17, 15) is 4.79 Å². The monoisotopic (exact) mass is 283 g/mol. The lowest BCUT2D eigenvalue weighted by Crippen LogP contribution is -2.11. The van der Waals surface area contributed by atoms with Crippen molar-refractivity contribution in [1.82, 2.24) is 0 Å². The Morgan fingerprint density at radius 2 is 1.81 bits per heavy atom. The molecule has 0 aromatic heterocycles. The topological polar surface area (TPSA) is 38.3 Å². The Bertz CT molecular complexity index is 590. The van der Waals surface area contributed by atoms with Crippen LogP contribution in [0.2, 0.25) is 0 Å². The molecule has 0 fully saturated rings. The lowest BCUT2D eigenvalue weighted by molar-refractivity contribution is -0.116. The molecule has 110 valence electrons. The van der Waals surface area contributed by atoms with E-state index in [4.69, 9.17) is 4.74 Å². The van der Waals surface area contributed by atoms with Gasteiger partial charge in [-0.25, -0.2) is 0 Å². The quantitative estimate of drug-likeness (QED) is 0.817. The first-order valence-electron chi connectivity index (χ1n) is 7.32. The first kappa shape index (κ1) is 15.1. The molecule has 1 amide bonds. The fraction of sp³-hybridized carbons (Fsp3) is 0.278. The van der Waals surface area contributed by atoms with Crippen LogP contribution in [-0.4, -0.2) is 5.91 Å². The lowest BCUT2D eigenvalue weighted by atomic mass is 10.2. The van der Waals surface area contributed by atoms with Crippen LogP contribution >= 0.6 is 0 Å². The highest BCUT2D eigenvalue weighted by atomic mass is 16.5. The van der Waals surface area contributed by atoms with Gasteiger partial charge in [0.05, 0.1) is 5.69 Å². The number of unbranched alkanes of at least 4 members (excludes halogenated alkanes) is 1. The molecule has 1 N–H and O–H groups in total. The Balaban J connectivity index is 2.09. The van der Waals surface area contributed by atoms with Gasteiger partial charge in [-0.1, -0.05) is 43.2 Å². The van der Waals surface area contributed by atoms with Crippen LogP contribution in [0.1, 0.15) is 31.7 Å². The van der Waals surface area contributed by atoms with E-state index in [1.54, 1.807) is 0 Å². The molecule has 0 radical (unpaired) electrons. The van der Waals surface area contributed by atoms with Gasteiger partial charge in [0.15, 0.2) is 5.75 Å². The zero-order chi connectivity index (χ0) is 15.1. The molecular formula is C18H21NO2. The minimum Gasteiger partial charge on any atom is -0.455 e. The normalized spacial score (nSPS) is 10.2. The number of hydrogen-bond donors (Lipinski definition) is 1. The molecule has 0 saturated carbocycles. The molecule has 2 aromatic rings. The van der Waals surface area contributed by atoms with Crippen molar-refractivity contribution in [2.45, 2.75) is 33.1 Å². The molecule has 3 heteroatoms. The Morgan fingerprint density at radius 1 is 1.10 bits per heavy atom. The minimum absolute atomic E-state index is 0.0248. The number of anilines is 1. The smallest absolute Gasteiger partial charge is 0.224 e. The predicted molar refractivity (Wildman–Crippen MR) is 85.8 cm³/mol. The molecule has 0 unspecified atom stereocenters. The van der Waals surface area contributed by atoms with E-state index in [-0.39, 0.29) is 5.91 Å². The van der Waals surface area contributed by atoms with E-state index in [1.807, 2.05) is 55.5 Å². The fourth-order valence-corrected chi connectivity index (χ4v) is 1.94. The summed E-state index contributed by atoms with van der Waals surface area (Å²) in [5.74, 6) is 1.44. The largest absolute Gasteiger partial charge is 0.455 e. The first-order chi connectivity index (χ1) is 10.2. The van der Waals surface area contributed by atoms with Gasteiger partial charge in [0.1, 0.15) is 5.75 Å². The van der Waals surface area contributed by atoms with Gasteiger partial charge in [0, 0.05) is 6.42 Å². The zero-order valence-electron chi connectivity index (χ0n) is 12.6. The third-order valence-electron chi connectivity index (χ3n) is 3.17. The van der Waals surface area contributed by atoms with Crippen molar-refractivity contribution in [2.24, 2.45) is 0 Å². The number of hydrogen-bond acceptors (Lipinski definition) is 2. The highest BCUT2D eigenvalue weighted by Crippen LogP contribution is 2.29. The summed E-state index contributed by atoms with van der Waals surface area (Å²) in [6.07, 6.45) is 2.44. The molecule has 0 aliphatic heterocycles. The second-order valence-electron chi connectivity index (χ2n) is 5.06. The summed E-state index contributed by atoms with van der Waals surface area (Å²) in [7, 11) is 0. The minimum atomic E-state index is 0.0248. The molecule has 0 saturated heterocycles. The van der Waals surface area contributed by atoms with Crippen molar-refractivity contribution in [3.05, 3.63) is 54.1 Å². The number of benzene rings is 2. The number of nitrogens with one attached hydrogen (secondary N) is 1. The van der Waals surface area contributed by atoms with Crippen LogP contribution in [0.25, 0.3) is 0 Å². The van der Waals surface area contributed by atoms with E-state index in [1.165, 1.54) is 5.56 Å². The second kappa shape index (κ2) is 7.48. The standard InChI is InChI=1S/C18H21NO2/c1-3-4-9-18(20)19-16-7-5-6-8-17(16)21-15-12-10-14(2)11-13-15/h5-8,10-13H,3-4,9H2,1-2H3,(H,19,20). The SMILES string of the molecule is CCCCC(=O)Nc1ccccc1Oc1ccc(C)cc1. The number of carbonyl (C=O) groups is 1. The first-order valence-corrected chi connectivity index (χ1v) is 7.32. The summed E-state index contributed by atoms with van der Waals surface area (Å²) >= 11 is 0. The third kappa shape index (κ3) is 4.63. The molecule has 0 atom stereocenters. The number of rotatable bonds is 6. The van der Waals surface area contributed by atoms with E-state index >= 15 is 0 Å². The van der Waals surface area contributed by atoms with Gasteiger partial charge in [0.25, 0.3) is 0 Å². The number of carbonyl (C=O) groups excluding carboxylic acids is 1. The van der Waals surface area contributed by atoms with Gasteiger partial charge in [-0.2, -0.15) is 0 Å². The molecular weight excluding hydrogens is 262 g/mol. The molecule has 21 heavy (non-hydrogen) atoms. The van der Waals surface area contributed by atoms with Crippen molar-refractivity contribution in [3.8, 4) is 11.5 Å². The Labute approximate surface area is 126 Å². The summed E-state index contributed by atoms with van der Waals surface area (Å²) in [6, 6.07) is 15.3. The number of ether oxygens (including phenoxy) is 1. The summed E-state index contributed by atoms with van der Waals surface area (Å²) in [4.78, 5) is 11.9. The maximum Gasteiger partial charge on any atom is 0.224 e. The van der Waals surface area contributed by atoms with Crippen molar-refractivity contribution < 1.29 is 9.53 Å². The molecule has 0 heterocycles. The number of amides is 1. The molecule has 2 aromatic carbocycles. The highest BCUT2D eigenvalue weighted by Gasteiger charge is 2.08. The van der Waals surface area contributed by atoms with Crippen molar-refractivity contribution in [2.75, 3.05) is 5.32 Å². The number of aryl methyl sites for hydroxylation is 1. The van der Waals surface area contributed by atoms with E-state index in [2.05, 4.69) is 12.2 Å². The predicted octanol–water partition coefficient (Wildman–Crippen LogP) is 4.92. The summed E-state index contributed by atoms with van der Waals surface area (Å²) in [5.41, 5.74) is 1.89. The van der Waals surface area contributed by atoms with Crippen LogP contribution in [-0.2, 0) is 4.79 Å². The fourth-order valence-electron chi connectivity index (χ4n) is 1.94. The highest BCUT2D eigenvalue weighted by molar-refractivity contribution is 5.92. The summed E-state index contributed by atoms with van der Waals surface area (Å²) in [6.45, 7) is 4.10. The number of para-hydroxylation sites is 2. The maximum atomic E-state index is 11.9. The van der Waals surface area contributed by atoms with Crippen LogP contribution in [0, 0.1) is 6.92 Å². The van der Waals surface area contributed by atoms with Gasteiger partial charge in [-0.05, 0) is 37.6 Å². The molecule has 0 aliphatic carbocycles. The Hall–Kier alpha value is -2.29. The molecule has 3 nitrogen and oxygen atoms in total. The van der Waals surface area contributed by atoms with E-state index in [0.717, 1.165) is 18.6 Å². The van der Waals surface area contributed by atoms with E-state index in [0.29, 0.717) is 17.9 Å². The van der Waals surface area contributed by atoms with E-state index < -0.39 is 0 Å². The molecule has 0 bridgehead atoms. The average Bonchev–Trinajstić information content (AvgIpc) is 2.49. The molecule has 0 spiro atoms. The third-order valence-corrected chi connectivity index (χ3v) is 3.17. The Morgan fingerprint density at radius 3 is 2.52 bits per heavy atom. The van der Waals surface area contributed by atoms with Crippen molar-refractivity contribution in [3.63, 3.8) is 0 Å². The molecule has 0 aliphatic rings.